The maximum atomic E-state index is 13.4. The minimum Gasteiger partial charge on any atom is -0.352 e. The zero-order valence-corrected chi connectivity index (χ0v) is 14.1. The summed E-state index contributed by atoms with van der Waals surface area (Å²) in [5.74, 6) is -2.10. The predicted molar refractivity (Wildman–Crippen MR) is 90.3 cm³/mol. The van der Waals surface area contributed by atoms with Crippen LogP contribution in [0.15, 0.2) is 18.2 Å². The molecule has 0 atom stereocenters. The Morgan fingerprint density at radius 3 is 2.48 bits per heavy atom. The summed E-state index contributed by atoms with van der Waals surface area (Å²) in [5.41, 5.74) is 0.301. The van der Waals surface area contributed by atoms with Gasteiger partial charge in [-0.3, -0.25) is 9.69 Å². The van der Waals surface area contributed by atoms with E-state index >= 15 is 0 Å². The highest BCUT2D eigenvalue weighted by Crippen LogP contribution is 2.22. The average Bonchev–Trinajstić information content (AvgIpc) is 2.78. The van der Waals surface area contributed by atoms with Gasteiger partial charge < -0.3 is 10.2 Å². The molecule has 0 spiro atoms. The lowest BCUT2D eigenvalue weighted by Crippen LogP contribution is -2.43. The first-order valence-electron chi connectivity index (χ1n) is 8.85. The summed E-state index contributed by atoms with van der Waals surface area (Å²) in [4.78, 5) is 27.5. The fraction of sp³-hybridized carbons (Fsp3) is 0.556. The van der Waals surface area contributed by atoms with E-state index in [1.54, 1.807) is 0 Å². The molecule has 25 heavy (non-hydrogen) atoms. The Bertz CT molecular complexity index is 645. The van der Waals surface area contributed by atoms with Crippen LogP contribution >= 0.6 is 0 Å². The number of amides is 3. The van der Waals surface area contributed by atoms with Crippen molar-refractivity contribution in [3.05, 3.63) is 29.8 Å². The van der Waals surface area contributed by atoms with Gasteiger partial charge in [0.25, 0.3) is 0 Å². The van der Waals surface area contributed by atoms with Crippen LogP contribution in [0.1, 0.15) is 38.5 Å². The van der Waals surface area contributed by atoms with Crippen molar-refractivity contribution in [2.24, 2.45) is 0 Å². The van der Waals surface area contributed by atoms with Crippen LogP contribution in [0.5, 0.6) is 0 Å². The van der Waals surface area contributed by atoms with E-state index in [1.165, 1.54) is 28.7 Å². The smallest absolute Gasteiger partial charge is 0.325 e. The first kappa shape index (κ1) is 17.6. The fourth-order valence-electron chi connectivity index (χ4n) is 3.49. The van der Waals surface area contributed by atoms with E-state index in [2.05, 4.69) is 5.32 Å². The van der Waals surface area contributed by atoms with Gasteiger partial charge in [-0.1, -0.05) is 25.7 Å². The number of carbonyl (C=O) groups is 2. The van der Waals surface area contributed by atoms with Crippen molar-refractivity contribution in [2.45, 2.75) is 44.6 Å². The van der Waals surface area contributed by atoms with E-state index in [9.17, 15) is 18.4 Å². The van der Waals surface area contributed by atoms with E-state index in [-0.39, 0.29) is 24.5 Å². The number of carbonyl (C=O) groups excluding carboxylic acids is 2. The van der Waals surface area contributed by atoms with Gasteiger partial charge in [0, 0.05) is 30.9 Å². The van der Waals surface area contributed by atoms with Gasteiger partial charge in [0.1, 0.15) is 6.54 Å². The van der Waals surface area contributed by atoms with Crippen LogP contribution in [0, 0.1) is 11.6 Å². The van der Waals surface area contributed by atoms with Crippen molar-refractivity contribution >= 4 is 17.6 Å². The number of rotatable bonds is 4. The molecule has 0 unspecified atom stereocenters. The molecule has 1 N–H and O–H groups in total. The second kappa shape index (κ2) is 7.80. The lowest BCUT2D eigenvalue weighted by atomic mass is 10.1. The third-order valence-electron chi connectivity index (χ3n) is 4.86. The van der Waals surface area contributed by atoms with Crippen LogP contribution in [-0.4, -0.2) is 42.5 Å². The Kier molecular flexibility index (Phi) is 5.50. The van der Waals surface area contributed by atoms with Crippen LogP contribution in [0.25, 0.3) is 0 Å². The largest absolute Gasteiger partial charge is 0.352 e. The number of nitrogens with zero attached hydrogens (tertiary/aromatic N) is 2. The minimum absolute atomic E-state index is 0.00445. The molecule has 1 heterocycles. The highest BCUT2D eigenvalue weighted by atomic mass is 19.2. The molecule has 5 nitrogen and oxygen atoms in total. The minimum atomic E-state index is -0.991. The molecule has 7 heteroatoms. The second-order valence-corrected chi connectivity index (χ2v) is 6.71. The Hall–Kier alpha value is -2.18. The summed E-state index contributed by atoms with van der Waals surface area (Å²) in [6.45, 7) is 0.728. The van der Waals surface area contributed by atoms with E-state index in [4.69, 9.17) is 0 Å². The topological polar surface area (TPSA) is 52.7 Å². The quantitative estimate of drug-likeness (QED) is 0.848. The summed E-state index contributed by atoms with van der Waals surface area (Å²) >= 11 is 0. The summed E-state index contributed by atoms with van der Waals surface area (Å²) in [5, 5.41) is 3.02. The first-order chi connectivity index (χ1) is 12.0. The van der Waals surface area contributed by atoms with Crippen molar-refractivity contribution < 1.29 is 18.4 Å². The molecule has 3 rings (SSSR count). The van der Waals surface area contributed by atoms with Crippen molar-refractivity contribution in [1.82, 2.24) is 10.2 Å². The van der Waals surface area contributed by atoms with Gasteiger partial charge in [-0.05, 0) is 25.0 Å². The Morgan fingerprint density at radius 2 is 1.80 bits per heavy atom. The van der Waals surface area contributed by atoms with Crippen LogP contribution < -0.4 is 10.2 Å². The average molecular weight is 351 g/mol. The van der Waals surface area contributed by atoms with Gasteiger partial charge in [0.2, 0.25) is 5.91 Å². The van der Waals surface area contributed by atoms with Gasteiger partial charge in [-0.25, -0.2) is 13.6 Å². The third kappa shape index (κ3) is 4.27. The molecule has 1 aliphatic carbocycles. The lowest BCUT2D eigenvalue weighted by molar-refractivity contribution is -0.122. The Morgan fingerprint density at radius 1 is 1.08 bits per heavy atom. The SMILES string of the molecule is O=C(CN1CCN(c2ccc(F)c(F)c2)C1=O)NC1CCCCCC1. The molecule has 1 aliphatic heterocycles. The molecule has 0 bridgehead atoms. The normalized spacial score (nSPS) is 19.2. The molecule has 3 amide bonds. The van der Waals surface area contributed by atoms with Crippen molar-refractivity contribution in [1.29, 1.82) is 0 Å². The summed E-state index contributed by atoms with van der Waals surface area (Å²) < 4.78 is 26.4. The van der Waals surface area contributed by atoms with E-state index < -0.39 is 11.6 Å². The van der Waals surface area contributed by atoms with Gasteiger partial charge >= 0.3 is 6.03 Å². The number of halogens is 2. The number of hydrogen-bond donors (Lipinski definition) is 1. The lowest BCUT2D eigenvalue weighted by Gasteiger charge is -2.21. The number of benzene rings is 1. The molecule has 1 saturated carbocycles. The van der Waals surface area contributed by atoms with Gasteiger partial charge in [0.15, 0.2) is 11.6 Å². The molecule has 2 fully saturated rings. The number of nitrogens with one attached hydrogen (secondary N) is 1. The number of hydrogen-bond acceptors (Lipinski definition) is 2. The number of urea groups is 1. The molecule has 2 aliphatic rings. The monoisotopic (exact) mass is 351 g/mol. The molecule has 0 radical (unpaired) electrons. The number of anilines is 1. The zero-order valence-electron chi connectivity index (χ0n) is 14.1. The van der Waals surface area contributed by atoms with E-state index in [0.29, 0.717) is 18.8 Å². The molecule has 136 valence electrons. The highest BCUT2D eigenvalue weighted by molar-refractivity contribution is 5.96. The first-order valence-corrected chi connectivity index (χ1v) is 8.85. The van der Waals surface area contributed by atoms with Gasteiger partial charge in [-0.15, -0.1) is 0 Å². The fourth-order valence-corrected chi connectivity index (χ4v) is 3.49. The molecule has 0 aromatic heterocycles. The standard InChI is InChI=1S/C18H23F2N3O2/c19-15-8-7-14(11-16(15)20)23-10-9-22(18(23)25)12-17(24)21-13-5-3-1-2-4-6-13/h7-8,11,13H,1-6,9-10,12H2,(H,21,24). The van der Waals surface area contributed by atoms with Crippen LogP contribution in [0.4, 0.5) is 19.3 Å². The van der Waals surface area contributed by atoms with Crippen molar-refractivity contribution in [3.8, 4) is 0 Å². The predicted octanol–water partition coefficient (Wildman–Crippen LogP) is 3.05. The van der Waals surface area contributed by atoms with Crippen molar-refractivity contribution in [3.63, 3.8) is 0 Å². The second-order valence-electron chi connectivity index (χ2n) is 6.71. The van der Waals surface area contributed by atoms with Crippen LogP contribution in [0.2, 0.25) is 0 Å². The maximum Gasteiger partial charge on any atom is 0.325 e. The molecular formula is C18H23F2N3O2. The Labute approximate surface area is 146 Å². The van der Waals surface area contributed by atoms with Crippen LogP contribution in [0.3, 0.4) is 0 Å². The van der Waals surface area contributed by atoms with E-state index in [1.807, 2.05) is 0 Å². The maximum absolute atomic E-state index is 13.4. The molecular weight excluding hydrogens is 328 g/mol. The van der Waals surface area contributed by atoms with Crippen LogP contribution in [-0.2, 0) is 4.79 Å². The molecule has 1 aromatic rings. The molecule has 1 saturated heterocycles. The molecule has 1 aromatic carbocycles. The zero-order chi connectivity index (χ0) is 17.8. The van der Waals surface area contributed by atoms with Gasteiger partial charge in [-0.2, -0.15) is 0 Å². The highest BCUT2D eigenvalue weighted by Gasteiger charge is 2.31. The third-order valence-corrected chi connectivity index (χ3v) is 4.86. The summed E-state index contributed by atoms with van der Waals surface area (Å²) in [7, 11) is 0. The summed E-state index contributed by atoms with van der Waals surface area (Å²) in [6, 6.07) is 3.20. The van der Waals surface area contributed by atoms with Crippen molar-refractivity contribution in [2.75, 3.05) is 24.5 Å². The van der Waals surface area contributed by atoms with Gasteiger partial charge in [0.05, 0.1) is 0 Å². The van der Waals surface area contributed by atoms with E-state index in [0.717, 1.165) is 37.8 Å². The summed E-state index contributed by atoms with van der Waals surface area (Å²) in [6.07, 6.45) is 6.64. The Balaban J connectivity index is 1.56.